The minimum Gasteiger partial charge on any atom is -0.381 e. The predicted molar refractivity (Wildman–Crippen MR) is 102 cm³/mol. The van der Waals surface area contributed by atoms with E-state index >= 15 is 0 Å². The van der Waals surface area contributed by atoms with Crippen molar-refractivity contribution < 1.29 is 17.9 Å². The fourth-order valence-electron chi connectivity index (χ4n) is 3.36. The van der Waals surface area contributed by atoms with Crippen LogP contribution in [-0.2, 0) is 21.3 Å². The molecule has 27 heavy (non-hydrogen) atoms. The Morgan fingerprint density at radius 1 is 1.19 bits per heavy atom. The van der Waals surface area contributed by atoms with Crippen LogP contribution in [0.25, 0.3) is 0 Å². The number of likely N-dealkylation sites (N-methyl/N-ethyl adjacent to an activating group) is 1. The maximum Gasteiger partial charge on any atom is 0.315 e. The summed E-state index contributed by atoms with van der Waals surface area (Å²) in [7, 11) is 0.0761. The fraction of sp³-hybridized carbons (Fsp3) is 0.611. The molecule has 2 amide bonds. The molecule has 8 nitrogen and oxygen atoms in total. The molecule has 3 rings (SSSR count). The zero-order chi connectivity index (χ0) is 19.4. The second kappa shape index (κ2) is 8.55. The number of sulfonamides is 1. The molecule has 1 saturated heterocycles. The molecule has 2 fully saturated rings. The Kier molecular flexibility index (Phi) is 6.36. The Labute approximate surface area is 160 Å². The van der Waals surface area contributed by atoms with Crippen molar-refractivity contribution in [1.82, 2.24) is 19.8 Å². The molecular formula is C18H28N4O4S. The van der Waals surface area contributed by atoms with Crippen molar-refractivity contribution in [1.29, 1.82) is 0 Å². The Hall–Kier alpha value is -1.68. The summed E-state index contributed by atoms with van der Waals surface area (Å²) < 4.78 is 32.8. The van der Waals surface area contributed by atoms with Crippen LogP contribution in [0.5, 0.6) is 0 Å². The van der Waals surface area contributed by atoms with Crippen LogP contribution in [0.15, 0.2) is 29.2 Å². The SMILES string of the molecule is COC1CC(NC(=O)NCc2ccccc2S(=O)(=O)N2CCN(C)CC2)C1. The molecule has 1 saturated carbocycles. The van der Waals surface area contributed by atoms with Crippen LogP contribution in [-0.4, -0.2) is 76.1 Å². The van der Waals surface area contributed by atoms with Crippen molar-refractivity contribution in [2.24, 2.45) is 0 Å². The molecule has 0 unspecified atom stereocenters. The third kappa shape index (κ3) is 4.78. The number of nitrogens with zero attached hydrogens (tertiary/aromatic N) is 2. The number of methoxy groups -OCH3 is 1. The molecule has 0 bridgehead atoms. The average Bonchev–Trinajstić information content (AvgIpc) is 2.63. The molecule has 1 aromatic rings. The van der Waals surface area contributed by atoms with Gasteiger partial charge in [0.1, 0.15) is 0 Å². The van der Waals surface area contributed by atoms with Gasteiger partial charge in [-0.05, 0) is 31.5 Å². The van der Waals surface area contributed by atoms with Gasteiger partial charge in [-0.2, -0.15) is 4.31 Å². The Morgan fingerprint density at radius 2 is 1.85 bits per heavy atom. The highest BCUT2D eigenvalue weighted by molar-refractivity contribution is 7.89. The first kappa shape index (κ1) is 20.1. The lowest BCUT2D eigenvalue weighted by Gasteiger charge is -2.34. The lowest BCUT2D eigenvalue weighted by atomic mass is 9.89. The molecule has 0 atom stereocenters. The zero-order valence-corrected chi connectivity index (χ0v) is 16.7. The molecule has 2 aliphatic rings. The first-order chi connectivity index (χ1) is 12.9. The van der Waals surface area contributed by atoms with Crippen molar-refractivity contribution in [3.05, 3.63) is 29.8 Å². The minimum atomic E-state index is -3.57. The second-order valence-electron chi connectivity index (χ2n) is 7.17. The minimum absolute atomic E-state index is 0.110. The van der Waals surface area contributed by atoms with E-state index in [2.05, 4.69) is 15.5 Å². The van der Waals surface area contributed by atoms with E-state index in [0.29, 0.717) is 31.7 Å². The first-order valence-corrected chi connectivity index (χ1v) is 10.7. The number of carbonyl (C=O) groups excluding carboxylic acids is 1. The topological polar surface area (TPSA) is 91.0 Å². The van der Waals surface area contributed by atoms with E-state index in [1.165, 1.54) is 4.31 Å². The molecule has 1 aliphatic heterocycles. The van der Waals surface area contributed by atoms with Crippen LogP contribution < -0.4 is 10.6 Å². The van der Waals surface area contributed by atoms with Crippen LogP contribution in [0.1, 0.15) is 18.4 Å². The number of urea groups is 1. The summed E-state index contributed by atoms with van der Waals surface area (Å²) in [6, 6.07) is 6.67. The van der Waals surface area contributed by atoms with Crippen LogP contribution >= 0.6 is 0 Å². The van der Waals surface area contributed by atoms with Crippen molar-refractivity contribution in [2.75, 3.05) is 40.3 Å². The van der Waals surface area contributed by atoms with Gasteiger partial charge in [-0.3, -0.25) is 0 Å². The Morgan fingerprint density at radius 3 is 2.52 bits per heavy atom. The first-order valence-electron chi connectivity index (χ1n) is 9.24. The average molecular weight is 397 g/mol. The van der Waals surface area contributed by atoms with E-state index < -0.39 is 10.0 Å². The van der Waals surface area contributed by atoms with E-state index in [1.807, 2.05) is 7.05 Å². The van der Waals surface area contributed by atoms with Crippen molar-refractivity contribution >= 4 is 16.1 Å². The van der Waals surface area contributed by atoms with E-state index in [0.717, 1.165) is 12.8 Å². The monoisotopic (exact) mass is 396 g/mol. The molecule has 2 N–H and O–H groups in total. The number of ether oxygens (including phenoxy) is 1. The number of hydrogen-bond acceptors (Lipinski definition) is 5. The number of benzene rings is 1. The molecule has 1 heterocycles. The summed E-state index contributed by atoms with van der Waals surface area (Å²) >= 11 is 0. The van der Waals surface area contributed by atoms with Crippen molar-refractivity contribution in [2.45, 2.75) is 36.4 Å². The largest absolute Gasteiger partial charge is 0.381 e. The number of nitrogens with one attached hydrogen (secondary N) is 2. The van der Waals surface area contributed by atoms with Crippen LogP contribution in [0, 0.1) is 0 Å². The molecule has 0 aromatic heterocycles. The van der Waals surface area contributed by atoms with E-state index in [-0.39, 0.29) is 29.6 Å². The molecule has 1 aromatic carbocycles. The van der Waals surface area contributed by atoms with Gasteiger partial charge in [0.2, 0.25) is 10.0 Å². The Bertz CT molecular complexity index is 756. The highest BCUT2D eigenvalue weighted by Gasteiger charge is 2.31. The number of piperazine rings is 1. The third-order valence-electron chi connectivity index (χ3n) is 5.26. The summed E-state index contributed by atoms with van der Waals surface area (Å²) in [5.41, 5.74) is 0.593. The maximum absolute atomic E-state index is 13.0. The number of amides is 2. The lowest BCUT2D eigenvalue weighted by Crippen LogP contribution is -2.50. The van der Waals surface area contributed by atoms with Gasteiger partial charge in [-0.15, -0.1) is 0 Å². The third-order valence-corrected chi connectivity index (χ3v) is 7.25. The second-order valence-corrected chi connectivity index (χ2v) is 9.07. The van der Waals surface area contributed by atoms with Gasteiger partial charge in [-0.1, -0.05) is 18.2 Å². The molecule has 0 spiro atoms. The summed E-state index contributed by atoms with van der Waals surface area (Å²) in [4.78, 5) is 14.5. The molecule has 1 aliphatic carbocycles. The molecular weight excluding hydrogens is 368 g/mol. The molecule has 150 valence electrons. The van der Waals surface area contributed by atoms with Crippen LogP contribution in [0.4, 0.5) is 4.79 Å². The van der Waals surface area contributed by atoms with E-state index in [4.69, 9.17) is 4.74 Å². The normalized spacial score (nSPS) is 24.2. The Balaban J connectivity index is 1.61. The number of rotatable bonds is 6. The lowest BCUT2D eigenvalue weighted by molar-refractivity contribution is 0.0205. The summed E-state index contributed by atoms with van der Waals surface area (Å²) in [6.45, 7) is 2.54. The highest BCUT2D eigenvalue weighted by Crippen LogP contribution is 2.23. The standard InChI is InChI=1S/C18H28N4O4S/c1-21-7-9-22(10-8-21)27(24,25)17-6-4-3-5-14(17)13-19-18(23)20-15-11-16(12-15)26-2/h3-6,15-16H,7-13H2,1-2H3,(H2,19,20,23). The fourth-order valence-corrected chi connectivity index (χ4v) is 5.00. The van der Waals surface area contributed by atoms with Gasteiger partial charge in [0.15, 0.2) is 0 Å². The van der Waals surface area contributed by atoms with Crippen molar-refractivity contribution in [3.8, 4) is 0 Å². The van der Waals surface area contributed by atoms with E-state index in [1.54, 1.807) is 31.4 Å². The highest BCUT2D eigenvalue weighted by atomic mass is 32.2. The summed E-state index contributed by atoms with van der Waals surface area (Å²) in [5.74, 6) is 0. The quantitative estimate of drug-likeness (QED) is 0.735. The van der Waals surface area contributed by atoms with Gasteiger partial charge in [0.05, 0.1) is 11.0 Å². The number of hydrogen-bond donors (Lipinski definition) is 2. The van der Waals surface area contributed by atoms with E-state index in [9.17, 15) is 13.2 Å². The van der Waals surface area contributed by atoms with Crippen molar-refractivity contribution in [3.63, 3.8) is 0 Å². The van der Waals surface area contributed by atoms with Gasteiger partial charge >= 0.3 is 6.03 Å². The van der Waals surface area contributed by atoms with Gasteiger partial charge in [0, 0.05) is 45.9 Å². The van der Waals surface area contributed by atoms with Crippen LogP contribution in [0.3, 0.4) is 0 Å². The smallest absolute Gasteiger partial charge is 0.315 e. The predicted octanol–water partition coefficient (Wildman–Crippen LogP) is 0.599. The molecule has 9 heteroatoms. The molecule has 0 radical (unpaired) electrons. The summed E-state index contributed by atoms with van der Waals surface area (Å²) in [5, 5.41) is 5.65. The number of carbonyl (C=O) groups is 1. The maximum atomic E-state index is 13.0. The van der Waals surface area contributed by atoms with Gasteiger partial charge in [0.25, 0.3) is 0 Å². The van der Waals surface area contributed by atoms with Gasteiger partial charge in [-0.25, -0.2) is 13.2 Å². The van der Waals surface area contributed by atoms with Gasteiger partial charge < -0.3 is 20.3 Å². The zero-order valence-electron chi connectivity index (χ0n) is 15.8. The summed E-state index contributed by atoms with van der Waals surface area (Å²) in [6.07, 6.45) is 1.82. The van der Waals surface area contributed by atoms with Crippen LogP contribution in [0.2, 0.25) is 0 Å².